The highest BCUT2D eigenvalue weighted by atomic mass is 32.2. The number of nitrogens with zero attached hydrogens (tertiary/aromatic N) is 3. The Morgan fingerprint density at radius 3 is 2.88 bits per heavy atom. The molecule has 4 rings (SSSR count). The number of alkyl halides is 1. The van der Waals surface area contributed by atoms with Crippen LogP contribution in [0.25, 0.3) is 0 Å². The summed E-state index contributed by atoms with van der Waals surface area (Å²) in [6.45, 7) is -0.243. The van der Waals surface area contributed by atoms with Gasteiger partial charge >= 0.3 is 13.5 Å². The molecular weight excluding hydrogens is 460 g/mol. The zero-order valence-corrected chi connectivity index (χ0v) is 18.4. The summed E-state index contributed by atoms with van der Waals surface area (Å²) < 4.78 is 44.3. The average Bonchev–Trinajstić information content (AvgIpc) is 3.10. The van der Waals surface area contributed by atoms with Crippen molar-refractivity contribution in [3.63, 3.8) is 0 Å². The number of phosphoric ester groups is 1. The molecular formula is C20H19FN3O6PS. The lowest BCUT2D eigenvalue weighted by atomic mass is 10.1. The summed E-state index contributed by atoms with van der Waals surface area (Å²) in [4.78, 5) is 28.9. The van der Waals surface area contributed by atoms with E-state index >= 15 is 4.39 Å². The molecule has 0 spiro atoms. The van der Waals surface area contributed by atoms with Gasteiger partial charge in [0.25, 0.3) is 0 Å². The van der Waals surface area contributed by atoms with E-state index in [0.29, 0.717) is 5.56 Å². The quantitative estimate of drug-likeness (QED) is 0.335. The number of phosphoric acid groups is 1. The van der Waals surface area contributed by atoms with Gasteiger partial charge in [-0.2, -0.15) is 10.2 Å². The molecule has 32 heavy (non-hydrogen) atoms. The van der Waals surface area contributed by atoms with Gasteiger partial charge in [0.2, 0.25) is 0 Å². The Morgan fingerprint density at radius 2 is 2.16 bits per heavy atom. The summed E-state index contributed by atoms with van der Waals surface area (Å²) in [7, 11) is -3.98. The van der Waals surface area contributed by atoms with E-state index in [1.54, 1.807) is 30.3 Å². The van der Waals surface area contributed by atoms with Crippen molar-refractivity contribution >= 4 is 25.4 Å². The van der Waals surface area contributed by atoms with Gasteiger partial charge < -0.3 is 0 Å². The lowest BCUT2D eigenvalue weighted by Crippen LogP contribution is -2.38. The molecule has 2 aliphatic heterocycles. The first-order valence-corrected chi connectivity index (χ1v) is 12.2. The molecule has 0 radical (unpaired) electrons. The van der Waals surface area contributed by atoms with Gasteiger partial charge in [0.15, 0.2) is 12.0 Å². The number of Topliss-reactive ketones (excluding diaryl/α,β-unsaturated/α-hetero) is 1. The maximum Gasteiger partial charge on any atom is 0.475 e. The summed E-state index contributed by atoms with van der Waals surface area (Å²) in [5, 5.41) is 7.11. The number of thioether (sulfide) groups is 1. The molecule has 0 N–H and O–H groups in total. The van der Waals surface area contributed by atoms with E-state index in [-0.39, 0.29) is 37.5 Å². The number of hydrogen-bond donors (Lipinski definition) is 0. The maximum absolute atomic E-state index is 15.2. The number of benzene rings is 1. The lowest BCUT2D eigenvalue weighted by molar-refractivity contribution is 0.00122. The Morgan fingerprint density at radius 1 is 1.38 bits per heavy atom. The van der Waals surface area contributed by atoms with Crippen molar-refractivity contribution in [1.82, 2.24) is 9.55 Å². The highest BCUT2D eigenvalue weighted by molar-refractivity contribution is 8.00. The maximum atomic E-state index is 15.2. The summed E-state index contributed by atoms with van der Waals surface area (Å²) in [6.07, 6.45) is -1.44. The molecule has 1 unspecified atom stereocenters. The van der Waals surface area contributed by atoms with Crippen LogP contribution in [0.5, 0.6) is 0 Å². The fourth-order valence-electron chi connectivity index (χ4n) is 3.42. The van der Waals surface area contributed by atoms with Gasteiger partial charge in [0.05, 0.1) is 43.1 Å². The van der Waals surface area contributed by atoms with E-state index < -0.39 is 36.4 Å². The number of rotatable bonds is 7. The van der Waals surface area contributed by atoms with Crippen LogP contribution in [0.1, 0.15) is 27.8 Å². The van der Waals surface area contributed by atoms with E-state index in [1.807, 2.05) is 6.07 Å². The molecule has 5 atom stereocenters. The monoisotopic (exact) mass is 479 g/mol. The van der Waals surface area contributed by atoms with Crippen LogP contribution >= 0.6 is 19.6 Å². The largest absolute Gasteiger partial charge is 0.475 e. The second-order valence-corrected chi connectivity index (χ2v) is 10.1. The SMILES string of the molecule is N#CCCOP1(=O)OC[C@H]2S[C@@H](n3ccc(CC(=O)c4ccccc4)nc3=O)[C@@H](F)[C@@H]2O1. The summed E-state index contributed by atoms with van der Waals surface area (Å²) in [6, 6.07) is 12.0. The van der Waals surface area contributed by atoms with Gasteiger partial charge in [-0.15, -0.1) is 11.8 Å². The van der Waals surface area contributed by atoms with E-state index in [1.165, 1.54) is 12.3 Å². The van der Waals surface area contributed by atoms with Gasteiger partial charge in [-0.3, -0.25) is 22.9 Å². The Balaban J connectivity index is 1.45. The molecule has 2 aliphatic rings. The molecule has 0 bridgehead atoms. The van der Waals surface area contributed by atoms with Crippen LogP contribution in [0, 0.1) is 11.3 Å². The van der Waals surface area contributed by atoms with Gasteiger partial charge in [-0.05, 0) is 6.07 Å². The molecule has 1 aromatic carbocycles. The fourth-order valence-corrected chi connectivity index (χ4v) is 6.48. The molecule has 168 valence electrons. The first-order valence-electron chi connectivity index (χ1n) is 9.80. The van der Waals surface area contributed by atoms with Crippen LogP contribution in [0.2, 0.25) is 0 Å². The van der Waals surface area contributed by atoms with E-state index in [9.17, 15) is 14.2 Å². The van der Waals surface area contributed by atoms with E-state index in [2.05, 4.69) is 4.98 Å². The minimum Gasteiger partial charge on any atom is -0.294 e. The Hall–Kier alpha value is -2.35. The van der Waals surface area contributed by atoms with Crippen LogP contribution in [-0.2, 0) is 24.6 Å². The van der Waals surface area contributed by atoms with Crippen molar-refractivity contribution in [2.24, 2.45) is 0 Å². The molecule has 0 saturated carbocycles. The summed E-state index contributed by atoms with van der Waals surface area (Å²) in [5.74, 6) is -0.183. The zero-order valence-electron chi connectivity index (χ0n) is 16.7. The second-order valence-electron chi connectivity index (χ2n) is 7.14. The number of carbonyl (C=O) groups excluding carboxylic acids is 1. The van der Waals surface area contributed by atoms with E-state index in [0.717, 1.165) is 16.3 Å². The molecule has 1 aromatic heterocycles. The molecule has 2 fully saturated rings. The minimum absolute atomic E-state index is 0.0125. The van der Waals surface area contributed by atoms with Gasteiger partial charge in [0.1, 0.15) is 11.5 Å². The van der Waals surface area contributed by atoms with Crippen molar-refractivity contribution in [1.29, 1.82) is 5.26 Å². The van der Waals surface area contributed by atoms with Gasteiger partial charge in [-0.1, -0.05) is 30.3 Å². The zero-order chi connectivity index (χ0) is 22.7. The van der Waals surface area contributed by atoms with Crippen LogP contribution in [0.3, 0.4) is 0 Å². The number of hydrogen-bond acceptors (Lipinski definition) is 9. The van der Waals surface area contributed by atoms with Gasteiger partial charge in [-0.25, -0.2) is 13.8 Å². The molecule has 3 heterocycles. The van der Waals surface area contributed by atoms with Crippen LogP contribution in [0.15, 0.2) is 47.4 Å². The predicted octanol–water partition coefficient (Wildman–Crippen LogP) is 3.07. The fraction of sp³-hybridized carbons (Fsp3) is 0.400. The van der Waals surface area contributed by atoms with Crippen molar-refractivity contribution in [3.8, 4) is 6.07 Å². The first kappa shape index (κ1) is 22.8. The summed E-state index contributed by atoms with van der Waals surface area (Å²) in [5.41, 5.74) is 0.0960. The van der Waals surface area contributed by atoms with Crippen molar-refractivity contribution < 1.29 is 27.3 Å². The highest BCUT2D eigenvalue weighted by Gasteiger charge is 2.54. The molecule has 12 heteroatoms. The molecule has 9 nitrogen and oxygen atoms in total. The summed E-state index contributed by atoms with van der Waals surface area (Å²) >= 11 is 1.12. The minimum atomic E-state index is -3.98. The lowest BCUT2D eigenvalue weighted by Gasteiger charge is -2.30. The topological polar surface area (TPSA) is 121 Å². The predicted molar refractivity (Wildman–Crippen MR) is 113 cm³/mol. The third-order valence-corrected chi connectivity index (χ3v) is 7.96. The normalized spacial score (nSPS) is 29.2. The molecule has 2 aromatic rings. The number of nitriles is 1. The van der Waals surface area contributed by atoms with Crippen molar-refractivity contribution in [2.45, 2.75) is 35.7 Å². The molecule has 2 saturated heterocycles. The molecule has 0 amide bonds. The van der Waals surface area contributed by atoms with Crippen LogP contribution in [0.4, 0.5) is 4.39 Å². The number of carbonyl (C=O) groups is 1. The van der Waals surface area contributed by atoms with E-state index in [4.69, 9.17) is 18.8 Å². The number of aromatic nitrogens is 2. The third kappa shape index (κ3) is 4.85. The number of ketones is 1. The molecule has 0 aliphatic carbocycles. The van der Waals surface area contributed by atoms with Crippen molar-refractivity contribution in [2.75, 3.05) is 13.2 Å². The first-order chi connectivity index (χ1) is 15.4. The Kier molecular flexibility index (Phi) is 6.88. The van der Waals surface area contributed by atoms with Crippen LogP contribution < -0.4 is 5.69 Å². The average molecular weight is 479 g/mol. The van der Waals surface area contributed by atoms with Crippen LogP contribution in [-0.4, -0.2) is 46.1 Å². The second kappa shape index (κ2) is 9.65. The Bertz CT molecular complexity index is 1140. The van der Waals surface area contributed by atoms with Gasteiger partial charge in [0, 0.05) is 11.8 Å². The third-order valence-electron chi connectivity index (χ3n) is 4.98. The highest BCUT2D eigenvalue weighted by Crippen LogP contribution is 2.60. The Labute approximate surface area is 187 Å². The smallest absolute Gasteiger partial charge is 0.294 e. The number of halogens is 1. The standard InChI is InChI=1S/C20H19FN3O6PS/c21-17-18-16(12-29-31(27,30-18)28-10-4-8-22)32-19(17)24-9-7-14(23-20(24)26)11-15(25)13-5-2-1-3-6-13/h1-3,5-7,9,16-19H,4,10-12H2/t16-,17+,18-,19-,31?/m1/s1. The van der Waals surface area contributed by atoms with Crippen molar-refractivity contribution in [3.05, 3.63) is 64.3 Å². The number of fused-ring (bicyclic) bond motifs is 1.